The molecule has 0 aromatic heterocycles. The molecule has 17 heteroatoms. The quantitative estimate of drug-likeness (QED) is 0.143. The normalized spacial score (nSPS) is 14.8. The van der Waals surface area contributed by atoms with Crippen molar-refractivity contribution in [3.05, 3.63) is 69.1 Å². The number of amides is 2. The molecule has 0 atom stereocenters. The molecule has 39 heavy (non-hydrogen) atoms. The number of nitrogens with zero attached hydrogens (tertiary/aromatic N) is 2. The van der Waals surface area contributed by atoms with Crippen molar-refractivity contribution in [2.24, 2.45) is 11.5 Å². The van der Waals surface area contributed by atoms with Gasteiger partial charge in [0.15, 0.2) is 0 Å². The van der Waals surface area contributed by atoms with Crippen LogP contribution in [0.3, 0.4) is 0 Å². The molecule has 2 aromatic rings. The maximum absolute atomic E-state index is 11.1. The van der Waals surface area contributed by atoms with E-state index in [1.165, 1.54) is 24.3 Å². The third-order valence-electron chi connectivity index (χ3n) is 4.42. The second-order valence-electron chi connectivity index (χ2n) is 7.26. The van der Waals surface area contributed by atoms with Gasteiger partial charge in [0.2, 0.25) is 0 Å². The molecular weight excluding hydrogens is 653 g/mol. The van der Waals surface area contributed by atoms with E-state index < -0.39 is 31.9 Å². The van der Waals surface area contributed by atoms with Crippen LogP contribution >= 0.6 is 0 Å². The standard InChI is InChI=1S/2C7H5NO3S.2C4H12N2O.Cd/c2*9-7-5-3-1-2-4-6(5)12(10,11)8-7;2*5-1-2-6-3-4-7;/h2*1-4H,(H,8,9);2*6-7H,1-5H2;/q;;;;+2/p-2. The molecule has 0 radical (unpaired) electrons. The minimum absolute atomic E-state index is 0. The van der Waals surface area contributed by atoms with Crippen molar-refractivity contribution < 1.29 is 63.9 Å². The van der Waals surface area contributed by atoms with Crippen LogP contribution in [0.15, 0.2) is 58.3 Å². The zero-order valence-corrected chi connectivity index (χ0v) is 26.9. The molecule has 2 aromatic carbocycles. The van der Waals surface area contributed by atoms with Gasteiger partial charge in [-0.1, -0.05) is 36.4 Å². The molecule has 0 bridgehead atoms. The predicted molar refractivity (Wildman–Crippen MR) is 141 cm³/mol. The van der Waals surface area contributed by atoms with Gasteiger partial charge in [-0.05, 0) is 12.1 Å². The average molecular weight is 685 g/mol. The summed E-state index contributed by atoms with van der Waals surface area (Å²) in [4.78, 5) is 21.9. The SMILES string of the molecule is NCCNCCO.NCCNCCO.O=C1[N-]S(=O)(=O)c2ccccc21.O=C1[N-]S(=O)(=O)c2ccccc21.[Cd+2]. The van der Waals surface area contributed by atoms with E-state index in [1.54, 1.807) is 24.3 Å². The Kier molecular flexibility index (Phi) is 18.1. The largest absolute Gasteiger partial charge is 2.00 e. The third kappa shape index (κ3) is 12.3. The Morgan fingerprint density at radius 2 is 0.974 bits per heavy atom. The first-order chi connectivity index (χ1) is 18.1. The first-order valence-electron chi connectivity index (χ1n) is 11.3. The van der Waals surface area contributed by atoms with Crippen LogP contribution in [0.5, 0.6) is 0 Å². The third-order valence-corrected chi connectivity index (χ3v) is 7.05. The van der Waals surface area contributed by atoms with E-state index in [4.69, 9.17) is 21.7 Å². The monoisotopic (exact) mass is 686 g/mol. The summed E-state index contributed by atoms with van der Waals surface area (Å²) in [6.07, 6.45) is 0. The maximum atomic E-state index is 11.1. The van der Waals surface area contributed by atoms with Crippen LogP contribution in [0, 0.1) is 0 Å². The zero-order chi connectivity index (χ0) is 28.6. The number of nitrogens with two attached hydrogens (primary N) is 2. The summed E-state index contributed by atoms with van der Waals surface area (Å²) in [5, 5.41) is 22.2. The summed E-state index contributed by atoms with van der Waals surface area (Å²) >= 11 is 0. The molecule has 2 amide bonds. The number of fused-ring (bicyclic) bond motifs is 2. The number of nitrogens with one attached hydrogen (secondary N) is 2. The van der Waals surface area contributed by atoms with E-state index in [-0.39, 0.29) is 61.4 Å². The molecule has 0 saturated carbocycles. The summed E-state index contributed by atoms with van der Waals surface area (Å²) in [7, 11) is -7.36. The van der Waals surface area contributed by atoms with E-state index in [1.807, 2.05) is 0 Å². The number of aliphatic hydroxyl groups is 2. The molecule has 0 saturated heterocycles. The number of sulfonamides is 2. The van der Waals surface area contributed by atoms with E-state index in [0.29, 0.717) is 26.2 Å². The van der Waals surface area contributed by atoms with Crippen LogP contribution in [0.1, 0.15) is 20.7 Å². The molecule has 0 fully saturated rings. The molecule has 8 N–H and O–H groups in total. The first-order valence-corrected chi connectivity index (χ1v) is 14.2. The number of hydrogen-bond donors (Lipinski definition) is 6. The number of carbonyl (C=O) groups excluding carboxylic acids is 2. The average Bonchev–Trinajstić information content (AvgIpc) is 3.28. The van der Waals surface area contributed by atoms with E-state index in [9.17, 15) is 26.4 Å². The second-order valence-corrected chi connectivity index (χ2v) is 10.4. The second kappa shape index (κ2) is 19.1. The van der Waals surface area contributed by atoms with Crippen molar-refractivity contribution in [1.29, 1.82) is 0 Å². The van der Waals surface area contributed by atoms with Crippen molar-refractivity contribution >= 4 is 31.9 Å². The number of carbonyl (C=O) groups is 2. The summed E-state index contributed by atoms with van der Waals surface area (Å²) < 4.78 is 50.3. The molecule has 4 rings (SSSR count). The van der Waals surface area contributed by atoms with Crippen LogP contribution in [-0.2, 0) is 47.3 Å². The Morgan fingerprint density at radius 3 is 1.26 bits per heavy atom. The molecule has 0 unspecified atom stereocenters. The smallest absolute Gasteiger partial charge is 0.537 e. The minimum Gasteiger partial charge on any atom is -0.537 e. The van der Waals surface area contributed by atoms with Gasteiger partial charge in [0, 0.05) is 50.4 Å². The Hall–Kier alpha value is -2.04. The van der Waals surface area contributed by atoms with Crippen LogP contribution in [0.4, 0.5) is 0 Å². The number of aliphatic hydroxyl groups excluding tert-OH is 2. The minimum atomic E-state index is -3.68. The van der Waals surface area contributed by atoms with Gasteiger partial charge in [-0.15, -0.1) is 0 Å². The molecular formula is C22H32CdN6O8S2. The van der Waals surface area contributed by atoms with Gasteiger partial charge in [-0.2, -0.15) is 0 Å². The van der Waals surface area contributed by atoms with Crippen LogP contribution in [-0.4, -0.2) is 91.3 Å². The molecule has 2 heterocycles. The summed E-state index contributed by atoms with van der Waals surface area (Å²) in [6.45, 7) is 4.55. The Bertz CT molecular complexity index is 1160. The Labute approximate surface area is 248 Å². The van der Waals surface area contributed by atoms with Crippen molar-refractivity contribution in [3.8, 4) is 0 Å². The van der Waals surface area contributed by atoms with Gasteiger partial charge in [0.25, 0.3) is 0 Å². The van der Waals surface area contributed by atoms with Crippen LogP contribution in [0.25, 0.3) is 9.44 Å². The number of hydrogen-bond acceptors (Lipinski definition) is 12. The zero-order valence-electron chi connectivity index (χ0n) is 21.2. The maximum Gasteiger partial charge on any atom is 2.00 e. The van der Waals surface area contributed by atoms with Gasteiger partial charge in [0.1, 0.15) is 20.0 Å². The van der Waals surface area contributed by atoms with Crippen molar-refractivity contribution in [2.45, 2.75) is 9.79 Å². The van der Waals surface area contributed by atoms with Crippen molar-refractivity contribution in [2.75, 3.05) is 52.5 Å². The Balaban J connectivity index is 0.000000508. The van der Waals surface area contributed by atoms with Crippen LogP contribution < -0.4 is 22.1 Å². The summed E-state index contributed by atoms with van der Waals surface area (Å²) in [6, 6.07) is 12.0. The molecule has 0 aliphatic carbocycles. The fraction of sp³-hybridized carbons (Fsp3) is 0.364. The fourth-order valence-corrected chi connectivity index (χ4v) is 4.96. The number of benzene rings is 2. The van der Waals surface area contributed by atoms with E-state index >= 15 is 0 Å². The van der Waals surface area contributed by atoms with Crippen molar-refractivity contribution in [1.82, 2.24) is 10.6 Å². The molecule has 212 valence electrons. The van der Waals surface area contributed by atoms with E-state index in [0.717, 1.165) is 13.1 Å². The van der Waals surface area contributed by atoms with Crippen molar-refractivity contribution in [3.63, 3.8) is 0 Å². The molecule has 14 nitrogen and oxygen atoms in total. The first kappa shape index (κ1) is 37.0. The van der Waals surface area contributed by atoms with Gasteiger partial charge in [-0.3, -0.25) is 0 Å². The predicted octanol–water partition coefficient (Wildman–Crippen LogP) is -1.14. The van der Waals surface area contributed by atoms with Gasteiger partial charge >= 0.3 is 27.3 Å². The van der Waals surface area contributed by atoms with Gasteiger partial charge in [0.05, 0.1) is 34.8 Å². The van der Waals surface area contributed by atoms with Crippen LogP contribution in [0.2, 0.25) is 0 Å². The number of rotatable bonds is 8. The van der Waals surface area contributed by atoms with Gasteiger partial charge in [-0.25, -0.2) is 16.8 Å². The molecule has 2 aliphatic heterocycles. The molecule has 2 aliphatic rings. The topological polar surface area (TPSA) is 247 Å². The van der Waals surface area contributed by atoms with Gasteiger partial charge < -0.3 is 51.3 Å². The molecule has 0 spiro atoms. The Morgan fingerprint density at radius 1 is 0.641 bits per heavy atom. The fourth-order valence-electron chi connectivity index (χ4n) is 2.76. The van der Waals surface area contributed by atoms with E-state index in [2.05, 4.69) is 20.1 Å². The summed E-state index contributed by atoms with van der Waals surface area (Å²) in [5.41, 5.74) is 10.6. The summed E-state index contributed by atoms with van der Waals surface area (Å²) in [5.74, 6) is -1.35.